The summed E-state index contributed by atoms with van der Waals surface area (Å²) in [5.74, 6) is 0. The van der Waals surface area contributed by atoms with E-state index in [2.05, 4.69) is 252 Å². The van der Waals surface area contributed by atoms with Crippen molar-refractivity contribution in [2.75, 3.05) is 0 Å². The normalized spacial score (nSPS) is 12.9. The summed E-state index contributed by atoms with van der Waals surface area (Å²) in [5.41, 5.74) is 19.2. The van der Waals surface area contributed by atoms with Gasteiger partial charge < -0.3 is 9.13 Å². The van der Waals surface area contributed by atoms with Gasteiger partial charge in [-0.25, -0.2) is 0 Å². The molecule has 10 aromatic carbocycles. The zero-order chi connectivity index (χ0) is 41.5. The summed E-state index contributed by atoms with van der Waals surface area (Å²) in [6.45, 7) is 0. The fourth-order valence-corrected chi connectivity index (χ4v) is 10.9. The molecule has 0 saturated heterocycles. The van der Waals surface area contributed by atoms with Crippen molar-refractivity contribution in [2.45, 2.75) is 5.41 Å². The zero-order valence-electron chi connectivity index (χ0n) is 34.5. The van der Waals surface area contributed by atoms with Crippen LogP contribution in [-0.2, 0) is 5.41 Å². The Bertz CT molecular complexity index is 3670. The molecule has 0 spiro atoms. The van der Waals surface area contributed by atoms with Gasteiger partial charge in [0.1, 0.15) is 0 Å². The molecule has 12 aromatic rings. The van der Waals surface area contributed by atoms with Gasteiger partial charge in [-0.1, -0.05) is 188 Å². The second-order valence-electron chi connectivity index (χ2n) is 16.8. The highest BCUT2D eigenvalue weighted by molar-refractivity contribution is 6.12. The summed E-state index contributed by atoms with van der Waals surface area (Å²) >= 11 is 0. The van der Waals surface area contributed by atoms with Crippen molar-refractivity contribution in [3.8, 4) is 44.8 Å². The molecule has 0 atom stereocenters. The Balaban J connectivity index is 0.982. The van der Waals surface area contributed by atoms with Crippen LogP contribution in [0.25, 0.3) is 88.4 Å². The van der Waals surface area contributed by atoms with Gasteiger partial charge in [0.05, 0.1) is 27.5 Å². The van der Waals surface area contributed by atoms with Gasteiger partial charge in [-0.15, -0.1) is 0 Å². The van der Waals surface area contributed by atoms with E-state index in [1.807, 2.05) is 0 Å². The van der Waals surface area contributed by atoms with Crippen LogP contribution in [0.4, 0.5) is 0 Å². The number of hydrogen-bond donors (Lipinski definition) is 0. The number of fused-ring (bicyclic) bond motifs is 9. The first-order valence-electron chi connectivity index (χ1n) is 21.8. The van der Waals surface area contributed by atoms with E-state index < -0.39 is 5.41 Å². The molecule has 1 aliphatic rings. The molecule has 0 aliphatic heterocycles. The van der Waals surface area contributed by atoms with Crippen molar-refractivity contribution < 1.29 is 0 Å². The maximum Gasteiger partial charge on any atom is 0.0714 e. The fourth-order valence-electron chi connectivity index (χ4n) is 10.9. The smallest absolute Gasteiger partial charge is 0.0714 e. The molecule has 0 saturated carbocycles. The second kappa shape index (κ2) is 13.9. The number of aromatic nitrogens is 2. The molecule has 1 aliphatic carbocycles. The van der Waals surface area contributed by atoms with E-state index in [0.717, 1.165) is 11.4 Å². The molecule has 0 radical (unpaired) electrons. The largest absolute Gasteiger partial charge is 0.309 e. The molecule has 2 nitrogen and oxygen atoms in total. The van der Waals surface area contributed by atoms with Crippen LogP contribution in [-0.4, -0.2) is 9.13 Å². The molecule has 0 amide bonds. The molecule has 0 bridgehead atoms. The first-order chi connectivity index (χ1) is 31.3. The zero-order valence-corrected chi connectivity index (χ0v) is 34.5. The fraction of sp³-hybridized carbons (Fsp3) is 0.0164. The average molecular weight is 801 g/mol. The van der Waals surface area contributed by atoms with Crippen molar-refractivity contribution in [2.24, 2.45) is 0 Å². The molecule has 0 unspecified atom stereocenters. The van der Waals surface area contributed by atoms with Crippen molar-refractivity contribution >= 4 is 43.6 Å². The van der Waals surface area contributed by atoms with E-state index in [9.17, 15) is 0 Å². The molecule has 2 aromatic heterocycles. The van der Waals surface area contributed by atoms with Crippen LogP contribution in [0.5, 0.6) is 0 Å². The molecule has 0 fully saturated rings. The van der Waals surface area contributed by atoms with E-state index >= 15 is 0 Å². The number of hydrogen-bond acceptors (Lipinski definition) is 0. The van der Waals surface area contributed by atoms with E-state index in [1.54, 1.807) is 0 Å². The maximum atomic E-state index is 2.48. The third kappa shape index (κ3) is 5.25. The number of para-hydroxylation sites is 2. The Labute approximate surface area is 366 Å². The lowest BCUT2D eigenvalue weighted by Crippen LogP contribution is -2.28. The van der Waals surface area contributed by atoms with Crippen molar-refractivity contribution in [3.63, 3.8) is 0 Å². The molecular weight excluding hydrogens is 761 g/mol. The molecule has 13 rings (SSSR count). The van der Waals surface area contributed by atoms with Gasteiger partial charge in [0, 0.05) is 32.9 Å². The third-order valence-corrected chi connectivity index (χ3v) is 13.6. The highest BCUT2D eigenvalue weighted by Crippen LogP contribution is 2.56. The monoisotopic (exact) mass is 800 g/mol. The SMILES string of the molecule is c1ccc(-c2ccc(-n3c4ccccc4c4cc(-c5ccc6c7ccccc7n(-c7cccc(C8(c9ccccc9)c9ccccc9-c9ccccc98)c7)c6c5)ccc43)cc2)cc1. The predicted molar refractivity (Wildman–Crippen MR) is 263 cm³/mol. The van der Waals surface area contributed by atoms with Crippen LogP contribution in [0, 0.1) is 0 Å². The van der Waals surface area contributed by atoms with Crippen LogP contribution >= 0.6 is 0 Å². The van der Waals surface area contributed by atoms with E-state index in [1.165, 1.54) is 99.2 Å². The van der Waals surface area contributed by atoms with Gasteiger partial charge in [-0.05, 0) is 110 Å². The highest BCUT2D eigenvalue weighted by Gasteiger charge is 2.46. The first-order valence-corrected chi connectivity index (χ1v) is 21.8. The number of rotatable bonds is 6. The lowest BCUT2D eigenvalue weighted by molar-refractivity contribution is 0.767. The van der Waals surface area contributed by atoms with Crippen molar-refractivity contribution in [1.82, 2.24) is 9.13 Å². The van der Waals surface area contributed by atoms with E-state index in [-0.39, 0.29) is 0 Å². The third-order valence-electron chi connectivity index (χ3n) is 13.6. The van der Waals surface area contributed by atoms with Crippen LogP contribution < -0.4 is 0 Å². The Hall–Kier alpha value is -8.20. The van der Waals surface area contributed by atoms with Crippen molar-refractivity contribution in [3.05, 3.63) is 265 Å². The minimum atomic E-state index is -0.479. The Kier molecular flexibility index (Phi) is 7.85. The first kappa shape index (κ1) is 35.5. The second-order valence-corrected chi connectivity index (χ2v) is 16.8. The standard InChI is InChI=1S/C61H40N2/c1-3-16-41(17-4-1)42-30-34-47(35-31-42)62-58-29-14-10-25-52(58)54-38-43(33-37-59(54)62)44-32-36-53-51-24-9-13-28-57(51)63(60(53)39-44)48-21-15-20-46(40-48)61(45-18-5-2-6-19-45)55-26-11-7-22-49(55)50-23-8-12-27-56(50)61/h1-40H. The topological polar surface area (TPSA) is 9.86 Å². The molecule has 2 heterocycles. The summed E-state index contributed by atoms with van der Waals surface area (Å²) in [5, 5.41) is 4.98. The van der Waals surface area contributed by atoms with Gasteiger partial charge in [0.2, 0.25) is 0 Å². The van der Waals surface area contributed by atoms with Crippen LogP contribution in [0.2, 0.25) is 0 Å². The average Bonchev–Trinajstić information content (AvgIpc) is 3.98. The van der Waals surface area contributed by atoms with E-state index in [0.29, 0.717) is 0 Å². The Morgan fingerprint density at radius 3 is 1.46 bits per heavy atom. The van der Waals surface area contributed by atoms with E-state index in [4.69, 9.17) is 0 Å². The molecule has 2 heteroatoms. The summed E-state index contributed by atoms with van der Waals surface area (Å²) < 4.78 is 4.88. The molecule has 294 valence electrons. The van der Waals surface area contributed by atoms with Gasteiger partial charge in [-0.3, -0.25) is 0 Å². The minimum Gasteiger partial charge on any atom is -0.309 e. The molecule has 63 heavy (non-hydrogen) atoms. The summed E-state index contributed by atoms with van der Waals surface area (Å²) in [6.07, 6.45) is 0. The van der Waals surface area contributed by atoms with Crippen LogP contribution in [0.15, 0.2) is 243 Å². The minimum absolute atomic E-state index is 0.479. The van der Waals surface area contributed by atoms with Crippen molar-refractivity contribution in [1.29, 1.82) is 0 Å². The van der Waals surface area contributed by atoms with Crippen LogP contribution in [0.1, 0.15) is 22.3 Å². The summed E-state index contributed by atoms with van der Waals surface area (Å²) in [4.78, 5) is 0. The molecule has 0 N–H and O–H groups in total. The lowest BCUT2D eigenvalue weighted by atomic mass is 9.67. The quantitative estimate of drug-likeness (QED) is 0.159. The van der Waals surface area contributed by atoms with Gasteiger partial charge in [-0.2, -0.15) is 0 Å². The lowest BCUT2D eigenvalue weighted by Gasteiger charge is -2.34. The predicted octanol–water partition coefficient (Wildman–Crippen LogP) is 15.6. The highest BCUT2D eigenvalue weighted by atomic mass is 15.0. The van der Waals surface area contributed by atoms with Gasteiger partial charge >= 0.3 is 0 Å². The maximum absolute atomic E-state index is 2.48. The van der Waals surface area contributed by atoms with Gasteiger partial charge in [0.25, 0.3) is 0 Å². The number of nitrogens with zero attached hydrogens (tertiary/aromatic N) is 2. The molecular formula is C61H40N2. The van der Waals surface area contributed by atoms with Gasteiger partial charge in [0.15, 0.2) is 0 Å². The number of benzene rings is 10. The Morgan fingerprint density at radius 1 is 0.254 bits per heavy atom. The summed E-state index contributed by atoms with van der Waals surface area (Å²) in [6, 6.07) is 89.6. The Morgan fingerprint density at radius 2 is 0.746 bits per heavy atom. The summed E-state index contributed by atoms with van der Waals surface area (Å²) in [7, 11) is 0. The van der Waals surface area contributed by atoms with Crippen LogP contribution in [0.3, 0.4) is 0 Å².